The second-order valence-corrected chi connectivity index (χ2v) is 8.81. The Hall–Kier alpha value is -3.15. The first-order valence-electron chi connectivity index (χ1n) is 11.4. The number of Topliss-reactive ketones (excluding diaryl/α,β-unsaturated/α-hetero) is 1. The summed E-state index contributed by atoms with van der Waals surface area (Å²) in [6.07, 6.45) is 6.89. The summed E-state index contributed by atoms with van der Waals surface area (Å²) in [5.74, 6) is -1.46. The number of ether oxygens (including phenoxy) is 1. The van der Waals surface area contributed by atoms with Crippen molar-refractivity contribution >= 4 is 23.3 Å². The average Bonchev–Trinajstić information content (AvgIpc) is 2.80. The van der Waals surface area contributed by atoms with Gasteiger partial charge in [-0.15, -0.1) is 0 Å². The number of hydrogen-bond donors (Lipinski definition) is 2. The zero-order valence-corrected chi connectivity index (χ0v) is 18.4. The number of nitrogens with one attached hydrogen (secondary N) is 2. The van der Waals surface area contributed by atoms with E-state index in [0.29, 0.717) is 18.0 Å². The van der Waals surface area contributed by atoms with Gasteiger partial charge in [-0.25, -0.2) is 0 Å². The van der Waals surface area contributed by atoms with Crippen LogP contribution in [0, 0.1) is 5.92 Å². The highest BCUT2D eigenvalue weighted by atomic mass is 16.5. The number of rotatable bonds is 6. The molecular weight excluding hydrogens is 404 g/mol. The number of piperidine rings is 1. The molecule has 0 spiro atoms. The summed E-state index contributed by atoms with van der Waals surface area (Å²) in [5, 5.41) is 5.59. The predicted molar refractivity (Wildman–Crippen MR) is 123 cm³/mol. The van der Waals surface area contributed by atoms with E-state index in [0.717, 1.165) is 11.3 Å². The van der Waals surface area contributed by atoms with Crippen LogP contribution in [0.4, 0.5) is 5.69 Å². The van der Waals surface area contributed by atoms with Gasteiger partial charge in [0.05, 0.1) is 7.11 Å². The fraction of sp³-hybridized carbons (Fsp3) is 0.423. The highest BCUT2D eigenvalue weighted by Crippen LogP contribution is 2.33. The summed E-state index contributed by atoms with van der Waals surface area (Å²) in [6, 6.07) is 15.0. The van der Waals surface area contributed by atoms with E-state index in [1.165, 1.54) is 37.7 Å². The monoisotopic (exact) mass is 434 g/mol. The Morgan fingerprint density at radius 1 is 1.06 bits per heavy atom. The van der Waals surface area contributed by atoms with Crippen LogP contribution in [0.15, 0.2) is 48.5 Å². The first-order chi connectivity index (χ1) is 15.5. The van der Waals surface area contributed by atoms with Gasteiger partial charge in [0, 0.05) is 18.2 Å². The number of benzene rings is 2. The molecule has 2 N–H and O–H groups in total. The Morgan fingerprint density at radius 3 is 2.50 bits per heavy atom. The Balaban J connectivity index is 1.35. The Kier molecular flexibility index (Phi) is 6.88. The van der Waals surface area contributed by atoms with Gasteiger partial charge in [-0.2, -0.15) is 0 Å². The molecule has 0 bridgehead atoms. The molecule has 2 aromatic carbocycles. The van der Waals surface area contributed by atoms with E-state index in [2.05, 4.69) is 10.6 Å². The van der Waals surface area contributed by atoms with Gasteiger partial charge >= 0.3 is 0 Å². The number of carbonyl (C=O) groups excluding carboxylic acids is 3. The third kappa shape index (κ3) is 5.18. The molecule has 1 saturated heterocycles. The van der Waals surface area contributed by atoms with Crippen molar-refractivity contribution in [3.63, 3.8) is 0 Å². The minimum Gasteiger partial charge on any atom is -0.497 e. The van der Waals surface area contributed by atoms with E-state index in [1.807, 2.05) is 48.5 Å². The summed E-state index contributed by atoms with van der Waals surface area (Å²) >= 11 is 0. The number of ketones is 1. The lowest BCUT2D eigenvalue weighted by Crippen LogP contribution is -2.53. The van der Waals surface area contributed by atoms with Crippen LogP contribution in [-0.4, -0.2) is 30.7 Å². The van der Waals surface area contributed by atoms with Crippen LogP contribution in [0.5, 0.6) is 5.75 Å². The number of amides is 2. The first-order valence-corrected chi connectivity index (χ1v) is 11.4. The zero-order chi connectivity index (χ0) is 22.5. The second kappa shape index (κ2) is 9.98. The van der Waals surface area contributed by atoms with Gasteiger partial charge in [0.2, 0.25) is 11.8 Å². The van der Waals surface area contributed by atoms with Crippen LogP contribution in [0.25, 0.3) is 0 Å². The number of hydrogen-bond acceptors (Lipinski definition) is 4. The highest BCUT2D eigenvalue weighted by molar-refractivity contribution is 6.22. The van der Waals surface area contributed by atoms with Gasteiger partial charge in [-0.05, 0) is 60.6 Å². The third-order valence-electron chi connectivity index (χ3n) is 6.51. The van der Waals surface area contributed by atoms with Crippen molar-refractivity contribution in [3.8, 4) is 5.75 Å². The fourth-order valence-corrected chi connectivity index (χ4v) is 4.80. The molecule has 4 rings (SSSR count). The summed E-state index contributed by atoms with van der Waals surface area (Å²) in [5.41, 5.74) is 2.85. The topological polar surface area (TPSA) is 84.5 Å². The summed E-state index contributed by atoms with van der Waals surface area (Å²) < 4.78 is 5.23. The molecule has 6 nitrogen and oxygen atoms in total. The van der Waals surface area contributed by atoms with Crippen LogP contribution in [-0.2, 0) is 20.8 Å². The molecule has 0 aromatic heterocycles. The van der Waals surface area contributed by atoms with Crippen LogP contribution in [0.3, 0.4) is 0 Å². The SMILES string of the molecule is COc1cccc(CC2CC(=O)C(C(=O)Nc3ccc(C4CCCCC4)cc3)C(=O)N2)c1. The molecule has 1 aliphatic heterocycles. The second-order valence-electron chi connectivity index (χ2n) is 8.81. The molecule has 2 fully saturated rings. The smallest absolute Gasteiger partial charge is 0.244 e. The molecular formula is C26H30N2O4. The fourth-order valence-electron chi connectivity index (χ4n) is 4.80. The number of methoxy groups -OCH3 is 1. The summed E-state index contributed by atoms with van der Waals surface area (Å²) in [7, 11) is 1.60. The van der Waals surface area contributed by atoms with E-state index in [4.69, 9.17) is 4.74 Å². The van der Waals surface area contributed by atoms with Crippen molar-refractivity contribution in [2.24, 2.45) is 5.92 Å². The predicted octanol–water partition coefficient (Wildman–Crippen LogP) is 4.00. The van der Waals surface area contributed by atoms with Gasteiger partial charge < -0.3 is 15.4 Å². The van der Waals surface area contributed by atoms with E-state index in [1.54, 1.807) is 7.11 Å². The summed E-state index contributed by atoms with van der Waals surface area (Å²) in [4.78, 5) is 38.0. The molecule has 1 saturated carbocycles. The van der Waals surface area contributed by atoms with Gasteiger partial charge in [0.25, 0.3) is 0 Å². The molecule has 1 aliphatic carbocycles. The minimum atomic E-state index is -1.31. The van der Waals surface area contributed by atoms with Crippen molar-refractivity contribution < 1.29 is 19.1 Å². The lowest BCUT2D eigenvalue weighted by Gasteiger charge is -2.27. The van der Waals surface area contributed by atoms with E-state index in [-0.39, 0.29) is 18.2 Å². The molecule has 2 amide bonds. The maximum absolute atomic E-state index is 12.7. The molecule has 2 atom stereocenters. The largest absolute Gasteiger partial charge is 0.497 e. The Labute approximate surface area is 188 Å². The van der Waals surface area contributed by atoms with Crippen LogP contribution in [0.1, 0.15) is 55.6 Å². The lowest BCUT2D eigenvalue weighted by atomic mass is 9.84. The molecule has 1 heterocycles. The van der Waals surface area contributed by atoms with Gasteiger partial charge in [0.15, 0.2) is 11.7 Å². The standard InChI is InChI=1S/C26H30N2O4/c1-32-22-9-5-6-17(15-22)14-21-16-23(29)24(26(31)28-21)25(30)27-20-12-10-19(11-13-20)18-7-3-2-4-8-18/h5-6,9-13,15,18,21,24H,2-4,7-8,14,16H2,1H3,(H,27,30)(H,28,31). The Morgan fingerprint density at radius 2 is 1.81 bits per heavy atom. The zero-order valence-electron chi connectivity index (χ0n) is 18.4. The molecule has 2 unspecified atom stereocenters. The normalized spacial score (nSPS) is 21.7. The van der Waals surface area contributed by atoms with Crippen molar-refractivity contribution in [2.45, 2.75) is 56.9 Å². The number of anilines is 1. The van der Waals surface area contributed by atoms with Crippen LogP contribution >= 0.6 is 0 Å². The Bertz CT molecular complexity index is 962. The van der Waals surface area contributed by atoms with Gasteiger partial charge in [0.1, 0.15) is 5.75 Å². The van der Waals surface area contributed by atoms with Gasteiger partial charge in [-0.3, -0.25) is 14.4 Å². The van der Waals surface area contributed by atoms with Crippen LogP contribution < -0.4 is 15.4 Å². The first kappa shape index (κ1) is 22.1. The van der Waals surface area contributed by atoms with E-state index >= 15 is 0 Å². The van der Waals surface area contributed by atoms with Gasteiger partial charge in [-0.1, -0.05) is 43.5 Å². The molecule has 0 radical (unpaired) electrons. The lowest BCUT2D eigenvalue weighted by molar-refractivity contribution is -0.143. The third-order valence-corrected chi connectivity index (χ3v) is 6.51. The van der Waals surface area contributed by atoms with Crippen molar-refractivity contribution in [2.75, 3.05) is 12.4 Å². The molecule has 32 heavy (non-hydrogen) atoms. The summed E-state index contributed by atoms with van der Waals surface area (Å²) in [6.45, 7) is 0. The molecule has 2 aliphatic rings. The van der Waals surface area contributed by atoms with E-state index < -0.39 is 17.7 Å². The maximum atomic E-state index is 12.7. The minimum absolute atomic E-state index is 0.127. The van der Waals surface area contributed by atoms with Crippen molar-refractivity contribution in [1.29, 1.82) is 0 Å². The van der Waals surface area contributed by atoms with Crippen LogP contribution in [0.2, 0.25) is 0 Å². The maximum Gasteiger partial charge on any atom is 0.244 e. The number of carbonyl (C=O) groups is 3. The van der Waals surface area contributed by atoms with E-state index in [9.17, 15) is 14.4 Å². The molecule has 168 valence electrons. The molecule has 2 aromatic rings. The van der Waals surface area contributed by atoms with Crippen molar-refractivity contribution in [3.05, 3.63) is 59.7 Å². The highest BCUT2D eigenvalue weighted by Gasteiger charge is 2.40. The quantitative estimate of drug-likeness (QED) is 0.673. The van der Waals surface area contributed by atoms with Crippen molar-refractivity contribution in [1.82, 2.24) is 5.32 Å². The molecule has 6 heteroatoms. The average molecular weight is 435 g/mol.